The van der Waals surface area contributed by atoms with Gasteiger partial charge in [0, 0.05) is 12.7 Å². The van der Waals surface area contributed by atoms with Gasteiger partial charge in [0.25, 0.3) is 0 Å². The molecule has 4 nitrogen and oxygen atoms in total. The first-order valence-corrected chi connectivity index (χ1v) is 8.47. The lowest BCUT2D eigenvalue weighted by Gasteiger charge is -2.24. The predicted molar refractivity (Wildman–Crippen MR) is 87.9 cm³/mol. The second-order valence-corrected chi connectivity index (χ2v) is 6.51. The van der Waals surface area contributed by atoms with Gasteiger partial charge in [-0.15, -0.1) is 0 Å². The van der Waals surface area contributed by atoms with Gasteiger partial charge in [-0.25, -0.2) is 9.97 Å². The summed E-state index contributed by atoms with van der Waals surface area (Å²) in [4.78, 5) is 23.1. The topological polar surface area (TPSA) is 46.1 Å². The number of aromatic nitrogens is 2. The standard InChI is InChI=1S/C19H21N3O/c23-19(12-14-6-7-15-3-1-4-16(15)11-14)22-10-2-5-18(22)17-8-9-20-13-21-17/h6-9,11,13,18H,1-5,10,12H2. The van der Waals surface area contributed by atoms with Crippen LogP contribution in [0.15, 0.2) is 36.8 Å². The van der Waals surface area contributed by atoms with Crippen molar-refractivity contribution in [3.8, 4) is 0 Å². The van der Waals surface area contributed by atoms with Crippen molar-refractivity contribution in [3.05, 3.63) is 59.2 Å². The predicted octanol–water partition coefficient (Wildman–Crippen LogP) is 2.87. The van der Waals surface area contributed by atoms with Gasteiger partial charge in [0.2, 0.25) is 5.91 Å². The smallest absolute Gasteiger partial charge is 0.227 e. The van der Waals surface area contributed by atoms with Crippen LogP contribution in [0, 0.1) is 0 Å². The van der Waals surface area contributed by atoms with Crippen molar-refractivity contribution >= 4 is 5.91 Å². The molecule has 1 saturated heterocycles. The van der Waals surface area contributed by atoms with Gasteiger partial charge in [-0.3, -0.25) is 4.79 Å². The molecule has 118 valence electrons. The average molecular weight is 307 g/mol. The number of carbonyl (C=O) groups excluding carboxylic acids is 1. The van der Waals surface area contributed by atoms with Crippen LogP contribution in [0.3, 0.4) is 0 Å². The Morgan fingerprint density at radius 1 is 1.17 bits per heavy atom. The van der Waals surface area contributed by atoms with Crippen LogP contribution < -0.4 is 0 Å². The third-order valence-corrected chi connectivity index (χ3v) is 5.04. The lowest BCUT2D eigenvalue weighted by atomic mass is 10.0. The molecule has 1 aromatic heterocycles. The molecular formula is C19H21N3O. The molecule has 2 aromatic rings. The summed E-state index contributed by atoms with van der Waals surface area (Å²) in [6.45, 7) is 0.832. The highest BCUT2D eigenvalue weighted by atomic mass is 16.2. The Bertz CT molecular complexity index is 714. The zero-order chi connectivity index (χ0) is 15.6. The molecule has 2 aliphatic rings. The first-order chi connectivity index (χ1) is 11.3. The van der Waals surface area contributed by atoms with Crippen LogP contribution in [0.5, 0.6) is 0 Å². The van der Waals surface area contributed by atoms with E-state index in [2.05, 4.69) is 28.2 Å². The molecule has 0 bridgehead atoms. The van der Waals surface area contributed by atoms with E-state index < -0.39 is 0 Å². The van der Waals surface area contributed by atoms with Crippen LogP contribution in [-0.4, -0.2) is 27.3 Å². The lowest BCUT2D eigenvalue weighted by Crippen LogP contribution is -2.32. The summed E-state index contributed by atoms with van der Waals surface area (Å²) in [5, 5.41) is 0. The van der Waals surface area contributed by atoms with E-state index in [-0.39, 0.29) is 11.9 Å². The van der Waals surface area contributed by atoms with Crippen LogP contribution in [0.4, 0.5) is 0 Å². The Kier molecular flexibility index (Phi) is 3.82. The molecule has 0 N–H and O–H groups in total. The van der Waals surface area contributed by atoms with Gasteiger partial charge in [0.1, 0.15) is 6.33 Å². The number of benzene rings is 1. The number of hydrogen-bond acceptors (Lipinski definition) is 3. The van der Waals surface area contributed by atoms with Gasteiger partial charge in [-0.1, -0.05) is 18.2 Å². The maximum Gasteiger partial charge on any atom is 0.227 e. The maximum atomic E-state index is 12.8. The van der Waals surface area contributed by atoms with Gasteiger partial charge in [-0.05, 0) is 54.9 Å². The van der Waals surface area contributed by atoms with Gasteiger partial charge in [0.15, 0.2) is 0 Å². The second-order valence-electron chi connectivity index (χ2n) is 6.51. The molecule has 1 amide bonds. The highest BCUT2D eigenvalue weighted by Crippen LogP contribution is 2.31. The second kappa shape index (κ2) is 6.11. The maximum absolute atomic E-state index is 12.8. The molecule has 2 heterocycles. The molecular weight excluding hydrogens is 286 g/mol. The largest absolute Gasteiger partial charge is 0.334 e. The van der Waals surface area contributed by atoms with Crippen LogP contribution in [-0.2, 0) is 24.1 Å². The summed E-state index contributed by atoms with van der Waals surface area (Å²) in [6.07, 6.45) is 9.44. The quantitative estimate of drug-likeness (QED) is 0.876. The van der Waals surface area contributed by atoms with Gasteiger partial charge >= 0.3 is 0 Å². The first kappa shape index (κ1) is 14.4. The first-order valence-electron chi connectivity index (χ1n) is 8.47. The van der Waals surface area contributed by atoms with E-state index in [1.54, 1.807) is 12.5 Å². The number of carbonyl (C=O) groups is 1. The number of likely N-dealkylation sites (tertiary alicyclic amines) is 1. The molecule has 1 fully saturated rings. The molecule has 4 heteroatoms. The van der Waals surface area contributed by atoms with Crippen LogP contribution >= 0.6 is 0 Å². The summed E-state index contributed by atoms with van der Waals surface area (Å²) in [5.74, 6) is 0.212. The van der Waals surface area contributed by atoms with Gasteiger partial charge in [0.05, 0.1) is 18.2 Å². The minimum Gasteiger partial charge on any atom is -0.334 e. The normalized spacial score (nSPS) is 19.8. The van der Waals surface area contributed by atoms with Crippen molar-refractivity contribution in [2.45, 2.75) is 44.6 Å². The molecule has 4 rings (SSSR count). The fourth-order valence-electron chi connectivity index (χ4n) is 3.88. The fraction of sp³-hybridized carbons (Fsp3) is 0.421. The van der Waals surface area contributed by atoms with Crippen molar-refractivity contribution in [1.29, 1.82) is 0 Å². The van der Waals surface area contributed by atoms with Gasteiger partial charge < -0.3 is 4.90 Å². The Hall–Kier alpha value is -2.23. The van der Waals surface area contributed by atoms with E-state index in [1.165, 1.54) is 24.0 Å². The molecule has 1 aliphatic carbocycles. The zero-order valence-electron chi connectivity index (χ0n) is 13.2. The molecule has 0 saturated carbocycles. The molecule has 1 aliphatic heterocycles. The average Bonchev–Trinajstić information content (AvgIpc) is 3.24. The van der Waals surface area contributed by atoms with Gasteiger partial charge in [-0.2, -0.15) is 0 Å². The number of rotatable bonds is 3. The summed E-state index contributed by atoms with van der Waals surface area (Å²) in [5.41, 5.74) is 4.99. The number of aryl methyl sites for hydroxylation is 2. The summed E-state index contributed by atoms with van der Waals surface area (Å²) >= 11 is 0. The van der Waals surface area contributed by atoms with Crippen molar-refractivity contribution < 1.29 is 4.79 Å². The molecule has 1 atom stereocenters. The molecule has 1 aromatic carbocycles. The molecule has 0 spiro atoms. The summed E-state index contributed by atoms with van der Waals surface area (Å²) in [6, 6.07) is 8.59. The van der Waals surface area contributed by atoms with Crippen molar-refractivity contribution in [3.63, 3.8) is 0 Å². The molecule has 1 unspecified atom stereocenters. The highest BCUT2D eigenvalue weighted by Gasteiger charge is 2.30. The third-order valence-electron chi connectivity index (χ3n) is 5.04. The minimum atomic E-state index is 0.111. The monoisotopic (exact) mass is 307 g/mol. The Morgan fingerprint density at radius 3 is 2.96 bits per heavy atom. The third kappa shape index (κ3) is 2.85. The van der Waals surface area contributed by atoms with Crippen molar-refractivity contribution in [2.75, 3.05) is 6.54 Å². The molecule has 23 heavy (non-hydrogen) atoms. The van der Waals surface area contributed by atoms with Crippen molar-refractivity contribution in [1.82, 2.24) is 14.9 Å². The Balaban J connectivity index is 1.50. The van der Waals surface area contributed by atoms with E-state index in [4.69, 9.17) is 0 Å². The zero-order valence-corrected chi connectivity index (χ0v) is 13.2. The molecule has 0 radical (unpaired) electrons. The highest BCUT2D eigenvalue weighted by molar-refractivity contribution is 5.79. The van der Waals surface area contributed by atoms with Crippen LogP contribution in [0.2, 0.25) is 0 Å². The summed E-state index contributed by atoms with van der Waals surface area (Å²) in [7, 11) is 0. The van der Waals surface area contributed by atoms with E-state index in [1.807, 2.05) is 11.0 Å². The van der Waals surface area contributed by atoms with E-state index >= 15 is 0 Å². The number of hydrogen-bond donors (Lipinski definition) is 0. The van der Waals surface area contributed by atoms with E-state index in [9.17, 15) is 4.79 Å². The Labute approximate surface area is 136 Å². The van der Waals surface area contributed by atoms with Crippen LogP contribution in [0.25, 0.3) is 0 Å². The number of amides is 1. The number of fused-ring (bicyclic) bond motifs is 1. The van der Waals surface area contributed by atoms with E-state index in [0.717, 1.165) is 37.1 Å². The number of nitrogens with zero attached hydrogens (tertiary/aromatic N) is 3. The van der Waals surface area contributed by atoms with Crippen molar-refractivity contribution in [2.24, 2.45) is 0 Å². The summed E-state index contributed by atoms with van der Waals surface area (Å²) < 4.78 is 0. The minimum absolute atomic E-state index is 0.111. The SMILES string of the molecule is O=C(Cc1ccc2c(c1)CCC2)N1CCCC1c1ccncn1. The van der Waals surface area contributed by atoms with Crippen LogP contribution in [0.1, 0.15) is 47.7 Å². The Morgan fingerprint density at radius 2 is 2.09 bits per heavy atom. The fourth-order valence-corrected chi connectivity index (χ4v) is 3.88. The lowest BCUT2D eigenvalue weighted by molar-refractivity contribution is -0.131. The van der Waals surface area contributed by atoms with E-state index in [0.29, 0.717) is 6.42 Å².